The van der Waals surface area contributed by atoms with E-state index in [4.69, 9.17) is 0 Å². The van der Waals surface area contributed by atoms with Crippen LogP contribution in [-0.2, 0) is 9.59 Å². The molecule has 0 unspecified atom stereocenters. The first-order valence-corrected chi connectivity index (χ1v) is 9.29. The van der Waals surface area contributed by atoms with Crippen molar-refractivity contribution in [2.45, 2.75) is 64.3 Å². The monoisotopic (exact) mass is 328 g/mol. The molecule has 24 heavy (non-hydrogen) atoms. The predicted molar refractivity (Wildman–Crippen MR) is 95.9 cm³/mol. The largest absolute Gasteiger partial charge is 0.339 e. The SMILES string of the molecule is CC[C@H](C)c1ccccc1NC(=O)[C@@H]1CC(=O)N(C2CCCC2)C1. The minimum atomic E-state index is -0.219. The fraction of sp³-hybridized carbons (Fsp3) is 0.600. The second-order valence-corrected chi connectivity index (χ2v) is 7.27. The van der Waals surface area contributed by atoms with Crippen LogP contribution in [0.5, 0.6) is 0 Å². The molecule has 1 saturated heterocycles. The van der Waals surface area contributed by atoms with Crippen LogP contribution in [0.25, 0.3) is 0 Å². The van der Waals surface area contributed by atoms with Gasteiger partial charge in [-0.15, -0.1) is 0 Å². The van der Waals surface area contributed by atoms with Gasteiger partial charge in [0.05, 0.1) is 5.92 Å². The van der Waals surface area contributed by atoms with E-state index >= 15 is 0 Å². The zero-order chi connectivity index (χ0) is 17.1. The summed E-state index contributed by atoms with van der Waals surface area (Å²) in [6.45, 7) is 4.91. The molecule has 1 aromatic carbocycles. The van der Waals surface area contributed by atoms with Crippen molar-refractivity contribution in [2.75, 3.05) is 11.9 Å². The molecule has 2 fully saturated rings. The van der Waals surface area contributed by atoms with E-state index in [1.165, 1.54) is 18.4 Å². The predicted octanol–water partition coefficient (Wildman–Crippen LogP) is 3.93. The molecular formula is C20H28N2O2. The van der Waals surface area contributed by atoms with Crippen molar-refractivity contribution in [3.63, 3.8) is 0 Å². The quantitative estimate of drug-likeness (QED) is 0.890. The molecule has 2 aliphatic rings. The number of nitrogens with zero attached hydrogens (tertiary/aromatic N) is 1. The number of rotatable bonds is 5. The first kappa shape index (κ1) is 17.0. The van der Waals surface area contributed by atoms with Gasteiger partial charge in [0.25, 0.3) is 0 Å². The number of benzene rings is 1. The Morgan fingerprint density at radius 2 is 2.00 bits per heavy atom. The number of carbonyl (C=O) groups excluding carboxylic acids is 2. The Labute approximate surface area is 144 Å². The fourth-order valence-corrected chi connectivity index (χ4v) is 3.97. The van der Waals surface area contributed by atoms with Crippen LogP contribution < -0.4 is 5.32 Å². The van der Waals surface area contributed by atoms with Gasteiger partial charge >= 0.3 is 0 Å². The zero-order valence-electron chi connectivity index (χ0n) is 14.8. The summed E-state index contributed by atoms with van der Waals surface area (Å²) in [6, 6.07) is 8.37. The molecule has 0 aromatic heterocycles. The molecule has 0 bridgehead atoms. The number of para-hydroxylation sites is 1. The van der Waals surface area contributed by atoms with E-state index in [0.717, 1.165) is 24.9 Å². The summed E-state index contributed by atoms with van der Waals surface area (Å²) >= 11 is 0. The number of hydrogen-bond donors (Lipinski definition) is 1. The molecule has 1 N–H and O–H groups in total. The summed E-state index contributed by atoms with van der Waals surface area (Å²) in [5.74, 6) is 0.321. The highest BCUT2D eigenvalue weighted by Crippen LogP contribution is 2.31. The molecule has 1 heterocycles. The molecule has 2 atom stereocenters. The molecule has 2 amide bonds. The topological polar surface area (TPSA) is 49.4 Å². The minimum absolute atomic E-state index is 0.0143. The van der Waals surface area contributed by atoms with Gasteiger partial charge in [0.15, 0.2) is 0 Å². The van der Waals surface area contributed by atoms with Crippen molar-refractivity contribution in [3.05, 3.63) is 29.8 Å². The Morgan fingerprint density at radius 1 is 1.29 bits per heavy atom. The van der Waals surface area contributed by atoms with Crippen LogP contribution in [-0.4, -0.2) is 29.3 Å². The first-order valence-electron chi connectivity index (χ1n) is 9.29. The number of anilines is 1. The second kappa shape index (κ2) is 7.37. The minimum Gasteiger partial charge on any atom is -0.339 e. The van der Waals surface area contributed by atoms with Gasteiger partial charge < -0.3 is 10.2 Å². The van der Waals surface area contributed by atoms with Crippen molar-refractivity contribution in [2.24, 2.45) is 5.92 Å². The molecule has 1 aliphatic carbocycles. The molecule has 4 heteroatoms. The summed E-state index contributed by atoms with van der Waals surface area (Å²) in [4.78, 5) is 26.9. The second-order valence-electron chi connectivity index (χ2n) is 7.27. The van der Waals surface area contributed by atoms with Crippen molar-refractivity contribution < 1.29 is 9.59 Å². The van der Waals surface area contributed by atoms with Crippen LogP contribution in [0.3, 0.4) is 0 Å². The van der Waals surface area contributed by atoms with Gasteiger partial charge in [-0.1, -0.05) is 44.9 Å². The summed E-state index contributed by atoms with van der Waals surface area (Å²) in [7, 11) is 0. The Balaban J connectivity index is 1.67. The molecule has 3 rings (SSSR count). The summed E-state index contributed by atoms with van der Waals surface area (Å²) in [6.07, 6.45) is 5.98. The van der Waals surface area contributed by atoms with E-state index in [0.29, 0.717) is 24.9 Å². The maximum atomic E-state index is 12.7. The standard InChI is InChI=1S/C20H28N2O2/c1-3-14(2)17-10-6-7-11-18(17)21-20(24)15-12-19(23)22(13-15)16-8-4-5-9-16/h6-7,10-11,14-16H,3-5,8-9,12-13H2,1-2H3,(H,21,24)/t14-,15+/m0/s1. The van der Waals surface area contributed by atoms with Gasteiger partial charge in [0, 0.05) is 24.7 Å². The van der Waals surface area contributed by atoms with Gasteiger partial charge in [0.2, 0.25) is 11.8 Å². The number of nitrogens with one attached hydrogen (secondary N) is 1. The van der Waals surface area contributed by atoms with E-state index in [1.54, 1.807) is 0 Å². The number of likely N-dealkylation sites (tertiary alicyclic amines) is 1. The summed E-state index contributed by atoms with van der Waals surface area (Å²) in [5, 5.41) is 3.08. The van der Waals surface area contributed by atoms with Crippen LogP contribution in [0.15, 0.2) is 24.3 Å². The van der Waals surface area contributed by atoms with Crippen molar-refractivity contribution in [1.82, 2.24) is 4.90 Å². The van der Waals surface area contributed by atoms with Crippen LogP contribution in [0.2, 0.25) is 0 Å². The lowest BCUT2D eigenvalue weighted by molar-refractivity contribution is -0.129. The van der Waals surface area contributed by atoms with Crippen molar-refractivity contribution in [3.8, 4) is 0 Å². The molecule has 4 nitrogen and oxygen atoms in total. The van der Waals surface area contributed by atoms with Crippen LogP contribution in [0.4, 0.5) is 5.69 Å². The van der Waals surface area contributed by atoms with Gasteiger partial charge in [0.1, 0.15) is 0 Å². The van der Waals surface area contributed by atoms with Crippen LogP contribution in [0.1, 0.15) is 63.9 Å². The highest BCUT2D eigenvalue weighted by Gasteiger charge is 2.38. The first-order chi connectivity index (χ1) is 11.6. The maximum Gasteiger partial charge on any atom is 0.229 e. The van der Waals surface area contributed by atoms with E-state index in [1.807, 2.05) is 23.1 Å². The summed E-state index contributed by atoms with van der Waals surface area (Å²) < 4.78 is 0. The van der Waals surface area contributed by atoms with Crippen LogP contribution >= 0.6 is 0 Å². The smallest absolute Gasteiger partial charge is 0.229 e. The molecule has 0 radical (unpaired) electrons. The molecule has 1 aliphatic heterocycles. The molecule has 130 valence electrons. The van der Waals surface area contributed by atoms with Crippen molar-refractivity contribution >= 4 is 17.5 Å². The Kier molecular flexibility index (Phi) is 5.22. The van der Waals surface area contributed by atoms with E-state index in [9.17, 15) is 9.59 Å². The number of amides is 2. The Bertz CT molecular complexity index is 607. The Morgan fingerprint density at radius 3 is 2.71 bits per heavy atom. The lowest BCUT2D eigenvalue weighted by Gasteiger charge is -2.24. The maximum absolute atomic E-state index is 12.7. The van der Waals surface area contributed by atoms with Gasteiger partial charge in [-0.3, -0.25) is 9.59 Å². The number of hydrogen-bond acceptors (Lipinski definition) is 2. The third kappa shape index (κ3) is 3.47. The van der Waals surface area contributed by atoms with Gasteiger partial charge in [-0.2, -0.15) is 0 Å². The van der Waals surface area contributed by atoms with Crippen LogP contribution in [0, 0.1) is 5.92 Å². The van der Waals surface area contributed by atoms with Gasteiger partial charge in [-0.05, 0) is 36.8 Å². The highest BCUT2D eigenvalue weighted by atomic mass is 16.2. The highest BCUT2D eigenvalue weighted by molar-refractivity contribution is 5.97. The molecule has 1 saturated carbocycles. The molecule has 0 spiro atoms. The zero-order valence-corrected chi connectivity index (χ0v) is 14.8. The third-order valence-electron chi connectivity index (χ3n) is 5.66. The summed E-state index contributed by atoms with van der Waals surface area (Å²) in [5.41, 5.74) is 2.06. The Hall–Kier alpha value is -1.84. The van der Waals surface area contributed by atoms with Gasteiger partial charge in [-0.25, -0.2) is 0 Å². The normalized spacial score (nSPS) is 22.8. The van der Waals surface area contributed by atoms with E-state index in [2.05, 4.69) is 25.2 Å². The fourth-order valence-electron chi connectivity index (χ4n) is 3.97. The molecular weight excluding hydrogens is 300 g/mol. The third-order valence-corrected chi connectivity index (χ3v) is 5.66. The molecule has 1 aromatic rings. The van der Waals surface area contributed by atoms with E-state index < -0.39 is 0 Å². The average Bonchev–Trinajstić information content (AvgIpc) is 3.24. The lowest BCUT2D eigenvalue weighted by Crippen LogP contribution is -2.35. The van der Waals surface area contributed by atoms with E-state index in [-0.39, 0.29) is 17.7 Å². The lowest BCUT2D eigenvalue weighted by atomic mass is 9.96. The number of carbonyl (C=O) groups is 2. The van der Waals surface area contributed by atoms with Crippen molar-refractivity contribution in [1.29, 1.82) is 0 Å². The average molecular weight is 328 g/mol.